The number of rotatable bonds is 8. The minimum Gasteiger partial charge on any atom is -0.482 e. The summed E-state index contributed by atoms with van der Waals surface area (Å²) in [6.45, 7) is 7.63. The van der Waals surface area contributed by atoms with Crippen molar-refractivity contribution in [3.8, 4) is 5.75 Å². The van der Waals surface area contributed by atoms with Crippen LogP contribution in [0.4, 0.5) is 4.79 Å². The second kappa shape index (κ2) is 10.3. The molecule has 0 aliphatic rings. The lowest BCUT2D eigenvalue weighted by Gasteiger charge is -2.10. The van der Waals surface area contributed by atoms with Gasteiger partial charge in [-0.2, -0.15) is 0 Å². The van der Waals surface area contributed by atoms with Gasteiger partial charge in [0.25, 0.3) is 5.91 Å². The third-order valence-corrected chi connectivity index (χ3v) is 3.19. The number of esters is 1. The van der Waals surface area contributed by atoms with Gasteiger partial charge in [-0.25, -0.2) is 9.59 Å². The Bertz CT molecular complexity index is 582. The average Bonchev–Trinajstić information content (AvgIpc) is 2.56. The zero-order chi connectivity index (χ0) is 18.8. The van der Waals surface area contributed by atoms with E-state index in [0.29, 0.717) is 18.2 Å². The second-order valence-corrected chi connectivity index (χ2v) is 6.33. The first-order chi connectivity index (χ1) is 11.8. The molecule has 0 saturated carbocycles. The van der Waals surface area contributed by atoms with Crippen molar-refractivity contribution in [1.82, 2.24) is 10.6 Å². The molecule has 0 aromatic heterocycles. The number of hydrogen-bond acceptors (Lipinski definition) is 5. The van der Waals surface area contributed by atoms with Gasteiger partial charge >= 0.3 is 12.0 Å². The summed E-state index contributed by atoms with van der Waals surface area (Å²) in [4.78, 5) is 34.4. The van der Waals surface area contributed by atoms with Gasteiger partial charge in [0, 0.05) is 6.54 Å². The van der Waals surface area contributed by atoms with E-state index < -0.39 is 24.5 Å². The topological polar surface area (TPSA) is 93.7 Å². The van der Waals surface area contributed by atoms with Crippen molar-refractivity contribution in [2.24, 2.45) is 5.92 Å². The van der Waals surface area contributed by atoms with Gasteiger partial charge in [-0.05, 0) is 29.5 Å². The van der Waals surface area contributed by atoms with Crippen LogP contribution in [0.15, 0.2) is 24.3 Å². The number of nitrogens with one attached hydrogen (secondary N) is 2. The van der Waals surface area contributed by atoms with Gasteiger partial charge in [0.2, 0.25) is 0 Å². The number of benzene rings is 1. The first-order valence-electron chi connectivity index (χ1n) is 8.24. The van der Waals surface area contributed by atoms with E-state index in [2.05, 4.69) is 24.5 Å². The smallest absolute Gasteiger partial charge is 0.344 e. The summed E-state index contributed by atoms with van der Waals surface area (Å²) in [6, 6.07) is 6.78. The standard InChI is InChI=1S/C18H26N2O5/c1-12(2)9-19-18(23)20-16(21)10-25-17(22)11-24-15-7-5-14(6-8-15)13(3)4/h5-8,12-13H,9-11H2,1-4H3,(H2,19,20,21,23). The first kappa shape index (κ1) is 20.5. The molecule has 0 spiro atoms. The number of carbonyl (C=O) groups is 3. The molecule has 0 bridgehead atoms. The number of carbonyl (C=O) groups excluding carboxylic acids is 3. The van der Waals surface area contributed by atoms with Gasteiger partial charge in [-0.1, -0.05) is 39.8 Å². The van der Waals surface area contributed by atoms with Crippen molar-refractivity contribution < 1.29 is 23.9 Å². The van der Waals surface area contributed by atoms with Crippen LogP contribution in [0.2, 0.25) is 0 Å². The zero-order valence-electron chi connectivity index (χ0n) is 15.1. The summed E-state index contributed by atoms with van der Waals surface area (Å²) in [7, 11) is 0. The Morgan fingerprint density at radius 3 is 2.20 bits per heavy atom. The van der Waals surface area contributed by atoms with Gasteiger partial charge in [0.15, 0.2) is 13.2 Å². The van der Waals surface area contributed by atoms with E-state index in [4.69, 9.17) is 9.47 Å². The normalized spacial score (nSPS) is 10.5. The Morgan fingerprint density at radius 2 is 1.64 bits per heavy atom. The summed E-state index contributed by atoms with van der Waals surface area (Å²) in [5.41, 5.74) is 1.17. The molecule has 1 aromatic rings. The molecule has 1 rings (SSSR count). The maximum atomic E-state index is 11.6. The fraction of sp³-hybridized carbons (Fsp3) is 0.500. The van der Waals surface area contributed by atoms with Crippen LogP contribution in [0, 0.1) is 5.92 Å². The maximum absolute atomic E-state index is 11.6. The Labute approximate surface area is 148 Å². The summed E-state index contributed by atoms with van der Waals surface area (Å²) in [5, 5.41) is 4.60. The van der Waals surface area contributed by atoms with Crippen molar-refractivity contribution in [2.75, 3.05) is 19.8 Å². The quantitative estimate of drug-likeness (QED) is 0.701. The van der Waals surface area contributed by atoms with Gasteiger partial charge < -0.3 is 14.8 Å². The summed E-state index contributed by atoms with van der Waals surface area (Å²) < 4.78 is 10.1. The number of amides is 3. The molecular weight excluding hydrogens is 324 g/mol. The fourth-order valence-electron chi connectivity index (χ4n) is 1.78. The van der Waals surface area contributed by atoms with E-state index in [0.717, 1.165) is 0 Å². The number of hydrogen-bond donors (Lipinski definition) is 2. The summed E-state index contributed by atoms with van der Waals surface area (Å²) in [5.74, 6) is -0.166. The van der Waals surface area contributed by atoms with Gasteiger partial charge in [0.1, 0.15) is 5.75 Å². The van der Waals surface area contributed by atoms with Crippen molar-refractivity contribution in [3.05, 3.63) is 29.8 Å². The van der Waals surface area contributed by atoms with E-state index in [9.17, 15) is 14.4 Å². The molecule has 0 aliphatic heterocycles. The predicted molar refractivity (Wildman–Crippen MR) is 93.4 cm³/mol. The molecule has 2 N–H and O–H groups in total. The lowest BCUT2D eigenvalue weighted by Crippen LogP contribution is -2.42. The van der Waals surface area contributed by atoms with Crippen LogP contribution in [-0.4, -0.2) is 37.7 Å². The highest BCUT2D eigenvalue weighted by atomic mass is 16.6. The van der Waals surface area contributed by atoms with E-state index in [1.165, 1.54) is 5.56 Å². The SMILES string of the molecule is CC(C)CNC(=O)NC(=O)COC(=O)COc1ccc(C(C)C)cc1. The van der Waals surface area contributed by atoms with Crippen LogP contribution in [0.3, 0.4) is 0 Å². The van der Waals surface area contributed by atoms with E-state index >= 15 is 0 Å². The number of imide groups is 1. The zero-order valence-corrected chi connectivity index (χ0v) is 15.1. The third kappa shape index (κ3) is 8.74. The minimum atomic E-state index is -0.698. The first-order valence-corrected chi connectivity index (χ1v) is 8.24. The largest absolute Gasteiger partial charge is 0.482 e. The lowest BCUT2D eigenvalue weighted by molar-refractivity contribution is -0.150. The predicted octanol–water partition coefficient (Wildman–Crippen LogP) is 2.21. The molecule has 0 aliphatic carbocycles. The second-order valence-electron chi connectivity index (χ2n) is 6.33. The molecule has 0 heterocycles. The Balaban J connectivity index is 2.25. The molecule has 0 fully saturated rings. The number of urea groups is 1. The molecule has 138 valence electrons. The Kier molecular flexibility index (Phi) is 8.46. The Morgan fingerprint density at radius 1 is 1.00 bits per heavy atom. The van der Waals surface area contributed by atoms with Crippen LogP contribution in [0.1, 0.15) is 39.2 Å². The van der Waals surface area contributed by atoms with Crippen molar-refractivity contribution in [2.45, 2.75) is 33.6 Å². The molecule has 7 heteroatoms. The van der Waals surface area contributed by atoms with Crippen LogP contribution in [0.25, 0.3) is 0 Å². The van der Waals surface area contributed by atoms with Gasteiger partial charge in [-0.15, -0.1) is 0 Å². The van der Waals surface area contributed by atoms with Gasteiger partial charge in [0.05, 0.1) is 0 Å². The molecule has 0 saturated heterocycles. The maximum Gasteiger partial charge on any atom is 0.344 e. The highest BCUT2D eigenvalue weighted by Gasteiger charge is 2.11. The van der Waals surface area contributed by atoms with Gasteiger partial charge in [-0.3, -0.25) is 10.1 Å². The Hall–Kier alpha value is -2.57. The molecule has 3 amide bonds. The molecule has 25 heavy (non-hydrogen) atoms. The van der Waals surface area contributed by atoms with Crippen molar-refractivity contribution in [1.29, 1.82) is 0 Å². The van der Waals surface area contributed by atoms with Crippen LogP contribution in [-0.2, 0) is 14.3 Å². The van der Waals surface area contributed by atoms with E-state index in [-0.39, 0.29) is 12.5 Å². The minimum absolute atomic E-state index is 0.269. The summed E-state index contributed by atoms with van der Waals surface area (Å²) >= 11 is 0. The van der Waals surface area contributed by atoms with Crippen LogP contribution >= 0.6 is 0 Å². The van der Waals surface area contributed by atoms with Crippen LogP contribution < -0.4 is 15.4 Å². The molecule has 0 radical (unpaired) electrons. The highest BCUT2D eigenvalue weighted by molar-refractivity contribution is 5.95. The van der Waals surface area contributed by atoms with Crippen LogP contribution in [0.5, 0.6) is 5.75 Å². The summed E-state index contributed by atoms with van der Waals surface area (Å²) in [6.07, 6.45) is 0. The number of ether oxygens (including phenoxy) is 2. The molecular formula is C18H26N2O5. The molecule has 0 atom stereocenters. The van der Waals surface area contributed by atoms with E-state index in [1.807, 2.05) is 26.0 Å². The third-order valence-electron chi connectivity index (χ3n) is 3.19. The average molecular weight is 350 g/mol. The van der Waals surface area contributed by atoms with E-state index in [1.54, 1.807) is 12.1 Å². The molecule has 7 nitrogen and oxygen atoms in total. The lowest BCUT2D eigenvalue weighted by atomic mass is 10.0. The monoisotopic (exact) mass is 350 g/mol. The van der Waals surface area contributed by atoms with Crippen molar-refractivity contribution >= 4 is 17.9 Å². The molecule has 0 unspecified atom stereocenters. The molecule has 1 aromatic carbocycles. The highest BCUT2D eigenvalue weighted by Crippen LogP contribution is 2.18. The van der Waals surface area contributed by atoms with Crippen molar-refractivity contribution in [3.63, 3.8) is 0 Å². The fourth-order valence-corrected chi connectivity index (χ4v) is 1.78.